The van der Waals surface area contributed by atoms with Gasteiger partial charge in [0.2, 0.25) is 0 Å². The van der Waals surface area contributed by atoms with Gasteiger partial charge in [-0.2, -0.15) is 5.10 Å². The molecule has 0 saturated heterocycles. The molecule has 0 aliphatic carbocycles. The van der Waals surface area contributed by atoms with Crippen LogP contribution in [0.3, 0.4) is 0 Å². The average molecular weight is 322 g/mol. The molecule has 23 heavy (non-hydrogen) atoms. The lowest BCUT2D eigenvalue weighted by atomic mass is 10.1. The molecule has 1 aromatic heterocycles. The van der Waals surface area contributed by atoms with E-state index in [1.54, 1.807) is 13.1 Å². The van der Waals surface area contributed by atoms with Gasteiger partial charge in [0, 0.05) is 25.1 Å². The van der Waals surface area contributed by atoms with Crippen LogP contribution >= 0.6 is 0 Å². The van der Waals surface area contributed by atoms with Crippen LogP contribution < -0.4 is 0 Å². The zero-order valence-electron chi connectivity index (χ0n) is 13.3. The number of carbonyl (C=O) groups is 1. The van der Waals surface area contributed by atoms with E-state index in [0.717, 1.165) is 18.9 Å². The lowest BCUT2D eigenvalue weighted by Gasteiger charge is -2.03. The normalized spacial score (nSPS) is 10.8. The van der Waals surface area contributed by atoms with Gasteiger partial charge in [-0.25, -0.2) is 8.78 Å². The number of halogens is 2. The smallest absolute Gasteiger partial charge is 0.306 e. The third kappa shape index (κ3) is 4.61. The van der Waals surface area contributed by atoms with Crippen molar-refractivity contribution >= 4 is 5.97 Å². The zero-order valence-corrected chi connectivity index (χ0v) is 13.3. The Hall–Kier alpha value is -2.24. The third-order valence-corrected chi connectivity index (χ3v) is 3.48. The minimum atomic E-state index is -0.640. The van der Waals surface area contributed by atoms with Crippen LogP contribution in [-0.4, -0.2) is 22.4 Å². The Morgan fingerprint density at radius 3 is 2.78 bits per heavy atom. The second-order valence-electron chi connectivity index (χ2n) is 5.34. The van der Waals surface area contributed by atoms with E-state index in [4.69, 9.17) is 4.74 Å². The number of unbranched alkanes of at least 4 members (excludes halogenated alkanes) is 1. The third-order valence-electron chi connectivity index (χ3n) is 3.48. The monoisotopic (exact) mass is 322 g/mol. The number of nitrogens with zero attached hydrogens (tertiary/aromatic N) is 2. The van der Waals surface area contributed by atoms with Crippen molar-refractivity contribution < 1.29 is 18.3 Å². The lowest BCUT2D eigenvalue weighted by Crippen LogP contribution is -2.07. The van der Waals surface area contributed by atoms with Crippen molar-refractivity contribution in [2.24, 2.45) is 7.05 Å². The molecule has 0 aliphatic heterocycles. The molecule has 2 rings (SSSR count). The minimum absolute atomic E-state index is 0.228. The summed E-state index contributed by atoms with van der Waals surface area (Å²) >= 11 is 0. The first-order valence-corrected chi connectivity index (χ1v) is 7.65. The Balaban J connectivity index is 2.02. The van der Waals surface area contributed by atoms with Gasteiger partial charge >= 0.3 is 5.97 Å². The van der Waals surface area contributed by atoms with Crippen molar-refractivity contribution in [3.05, 3.63) is 41.6 Å². The summed E-state index contributed by atoms with van der Waals surface area (Å²) in [5.74, 6) is -1.53. The van der Waals surface area contributed by atoms with E-state index in [1.165, 1.54) is 16.8 Å². The van der Waals surface area contributed by atoms with Gasteiger partial charge in [0.1, 0.15) is 11.6 Å². The van der Waals surface area contributed by atoms with Crippen molar-refractivity contribution in [3.8, 4) is 11.3 Å². The van der Waals surface area contributed by atoms with Gasteiger partial charge in [0.05, 0.1) is 24.4 Å². The first-order valence-electron chi connectivity index (χ1n) is 7.65. The molecule has 0 bridgehead atoms. The highest BCUT2D eigenvalue weighted by Gasteiger charge is 2.13. The number of hydrogen-bond donors (Lipinski definition) is 0. The number of carbonyl (C=O) groups excluding carboxylic acids is 1. The first-order chi connectivity index (χ1) is 11.0. The molecule has 6 heteroatoms. The summed E-state index contributed by atoms with van der Waals surface area (Å²) in [6.07, 6.45) is 2.47. The summed E-state index contributed by atoms with van der Waals surface area (Å²) in [6, 6.07) is 5.13. The highest BCUT2D eigenvalue weighted by molar-refractivity contribution is 5.69. The lowest BCUT2D eigenvalue weighted by molar-refractivity contribution is -0.143. The Bertz CT molecular complexity index is 683. The number of hydrogen-bond acceptors (Lipinski definition) is 3. The van der Waals surface area contributed by atoms with Gasteiger partial charge in [-0.05, 0) is 24.6 Å². The number of ether oxygens (including phenoxy) is 1. The van der Waals surface area contributed by atoms with E-state index in [9.17, 15) is 13.6 Å². The maximum Gasteiger partial charge on any atom is 0.306 e. The molecule has 0 spiro atoms. The van der Waals surface area contributed by atoms with E-state index < -0.39 is 11.6 Å². The molecule has 0 atom stereocenters. The van der Waals surface area contributed by atoms with Crippen LogP contribution in [0.1, 0.15) is 31.9 Å². The van der Waals surface area contributed by atoms with Crippen molar-refractivity contribution in [3.63, 3.8) is 0 Å². The highest BCUT2D eigenvalue weighted by atomic mass is 19.1. The van der Waals surface area contributed by atoms with Gasteiger partial charge in [-0.1, -0.05) is 13.3 Å². The van der Waals surface area contributed by atoms with Crippen LogP contribution in [0.4, 0.5) is 8.78 Å². The number of aromatic nitrogens is 2. The van der Waals surface area contributed by atoms with Crippen molar-refractivity contribution in [1.29, 1.82) is 0 Å². The molecule has 2 aromatic rings. The molecule has 0 aliphatic rings. The summed E-state index contributed by atoms with van der Waals surface area (Å²) in [7, 11) is 1.68. The molecule has 0 saturated carbocycles. The summed E-state index contributed by atoms with van der Waals surface area (Å²) in [5.41, 5.74) is 1.48. The fraction of sp³-hybridized carbons (Fsp3) is 0.412. The Morgan fingerprint density at radius 2 is 2.09 bits per heavy atom. The van der Waals surface area contributed by atoms with E-state index in [0.29, 0.717) is 24.4 Å². The molecule has 0 fully saturated rings. The molecule has 124 valence electrons. The Morgan fingerprint density at radius 1 is 1.30 bits per heavy atom. The first kappa shape index (κ1) is 17.1. The Kier molecular flexibility index (Phi) is 5.84. The van der Waals surface area contributed by atoms with Gasteiger partial charge in [0.15, 0.2) is 0 Å². The van der Waals surface area contributed by atoms with Crippen LogP contribution in [-0.2, 0) is 23.0 Å². The molecular weight excluding hydrogens is 302 g/mol. The highest BCUT2D eigenvalue weighted by Crippen LogP contribution is 2.24. The van der Waals surface area contributed by atoms with Gasteiger partial charge in [-0.3, -0.25) is 9.48 Å². The van der Waals surface area contributed by atoms with Crippen LogP contribution in [0.2, 0.25) is 0 Å². The van der Waals surface area contributed by atoms with Gasteiger partial charge in [-0.15, -0.1) is 0 Å². The van der Waals surface area contributed by atoms with E-state index >= 15 is 0 Å². The topological polar surface area (TPSA) is 44.1 Å². The molecule has 1 heterocycles. The molecule has 1 aromatic carbocycles. The maximum atomic E-state index is 13.9. The Labute approximate surface area is 134 Å². The summed E-state index contributed by atoms with van der Waals surface area (Å²) in [4.78, 5) is 11.6. The standard InChI is InChI=1S/C17H20F2N2O2/c1-3-4-9-23-17(22)8-6-13-11-16(21(2)20-13)14-7-5-12(18)10-15(14)19/h5,7,10-11H,3-4,6,8-9H2,1-2H3. The fourth-order valence-electron chi connectivity index (χ4n) is 2.23. The van der Waals surface area contributed by atoms with Crippen molar-refractivity contribution in [1.82, 2.24) is 9.78 Å². The van der Waals surface area contributed by atoms with Crippen LogP contribution in [0.15, 0.2) is 24.3 Å². The largest absolute Gasteiger partial charge is 0.466 e. The predicted octanol–water partition coefficient (Wildman–Crippen LogP) is 3.64. The number of aryl methyl sites for hydroxylation is 2. The zero-order chi connectivity index (χ0) is 16.8. The molecule has 0 amide bonds. The molecule has 0 radical (unpaired) electrons. The predicted molar refractivity (Wildman–Crippen MR) is 82.7 cm³/mol. The quantitative estimate of drug-likeness (QED) is 0.577. The van der Waals surface area contributed by atoms with Crippen molar-refractivity contribution in [2.75, 3.05) is 6.61 Å². The van der Waals surface area contributed by atoms with Gasteiger partial charge < -0.3 is 4.74 Å². The summed E-state index contributed by atoms with van der Waals surface area (Å²) < 4.78 is 33.5. The molecular formula is C17H20F2N2O2. The number of rotatable bonds is 7. The average Bonchev–Trinajstić information content (AvgIpc) is 2.86. The second kappa shape index (κ2) is 7.85. The maximum absolute atomic E-state index is 13.9. The number of esters is 1. The molecule has 0 N–H and O–H groups in total. The van der Waals surface area contributed by atoms with E-state index in [2.05, 4.69) is 5.10 Å². The number of benzene rings is 1. The summed E-state index contributed by atoms with van der Waals surface area (Å²) in [6.45, 7) is 2.46. The van der Waals surface area contributed by atoms with E-state index in [1.807, 2.05) is 6.92 Å². The fourth-order valence-corrected chi connectivity index (χ4v) is 2.23. The van der Waals surface area contributed by atoms with Gasteiger partial charge in [0.25, 0.3) is 0 Å². The van der Waals surface area contributed by atoms with Crippen LogP contribution in [0.25, 0.3) is 11.3 Å². The van der Waals surface area contributed by atoms with E-state index in [-0.39, 0.29) is 18.0 Å². The van der Waals surface area contributed by atoms with Crippen LogP contribution in [0, 0.1) is 11.6 Å². The molecule has 0 unspecified atom stereocenters. The van der Waals surface area contributed by atoms with Crippen LogP contribution in [0.5, 0.6) is 0 Å². The second-order valence-corrected chi connectivity index (χ2v) is 5.34. The van der Waals surface area contributed by atoms with Crippen molar-refractivity contribution in [2.45, 2.75) is 32.6 Å². The SMILES string of the molecule is CCCCOC(=O)CCc1cc(-c2ccc(F)cc2F)n(C)n1. The molecule has 4 nitrogen and oxygen atoms in total. The summed E-state index contributed by atoms with van der Waals surface area (Å²) in [5, 5.41) is 4.27. The minimum Gasteiger partial charge on any atom is -0.466 e.